The van der Waals surface area contributed by atoms with Gasteiger partial charge in [0.2, 0.25) is 0 Å². The van der Waals surface area contributed by atoms with E-state index in [0.717, 1.165) is 33.5 Å². The molecule has 0 aliphatic heterocycles. The molecule has 28 heavy (non-hydrogen) atoms. The zero-order valence-corrected chi connectivity index (χ0v) is 18.4. The maximum Gasteiger partial charge on any atom is 0.0738 e. The van der Waals surface area contributed by atoms with E-state index < -0.39 is 0 Å². The van der Waals surface area contributed by atoms with Crippen LogP contribution in [0.1, 0.15) is 17.0 Å². The van der Waals surface area contributed by atoms with E-state index in [-0.39, 0.29) is 0 Å². The molecular weight excluding hydrogens is 483 g/mol. The number of rotatable bonds is 4. The lowest BCUT2D eigenvalue weighted by atomic mass is 10.2. The molecule has 0 fully saturated rings. The Bertz CT molecular complexity index is 1180. The third kappa shape index (κ3) is 3.77. The number of nitrogens with one attached hydrogen (secondary N) is 1. The van der Waals surface area contributed by atoms with Crippen LogP contribution in [0.2, 0.25) is 5.02 Å². The molecule has 0 spiro atoms. The number of aryl methyl sites for hydroxylation is 1. The summed E-state index contributed by atoms with van der Waals surface area (Å²) in [6.07, 6.45) is 3.60. The molecule has 2 aromatic carbocycles. The number of hydrogen-bond donors (Lipinski definition) is 1. The Morgan fingerprint density at radius 3 is 2.64 bits per heavy atom. The molecule has 1 N–H and O–H groups in total. The Hall–Kier alpha value is -2.38. The molecule has 140 valence electrons. The minimum absolute atomic E-state index is 0.670. The number of nitrogens with zero attached hydrogens (tertiary/aromatic N) is 3. The van der Waals surface area contributed by atoms with Crippen LogP contribution < -0.4 is 5.43 Å². The Morgan fingerprint density at radius 1 is 1.07 bits per heavy atom. The van der Waals surface area contributed by atoms with E-state index in [2.05, 4.69) is 86.8 Å². The van der Waals surface area contributed by atoms with E-state index in [1.165, 1.54) is 9.26 Å². The summed E-state index contributed by atoms with van der Waals surface area (Å²) in [5.41, 5.74) is 9.41. The van der Waals surface area contributed by atoms with E-state index in [9.17, 15) is 0 Å². The monoisotopic (exact) mass is 500 g/mol. The highest BCUT2D eigenvalue weighted by Crippen LogP contribution is 2.25. The summed E-state index contributed by atoms with van der Waals surface area (Å²) in [7, 11) is 0. The fraction of sp³-hybridized carbons (Fsp3) is 0.0909. The molecule has 0 aliphatic rings. The third-order valence-corrected chi connectivity index (χ3v) is 5.60. The standard InChI is InChI=1S/C22H18ClIN4/c1-14-11-16(15(2)28(14)19-6-4-18(24)5-7-19)13-26-27-21-9-10-25-22-12-17(23)3-8-20(21)22/h3-13H,1-2H3,(H,25,27). The highest BCUT2D eigenvalue weighted by molar-refractivity contribution is 14.1. The van der Waals surface area contributed by atoms with Gasteiger partial charge in [-0.3, -0.25) is 10.4 Å². The van der Waals surface area contributed by atoms with Gasteiger partial charge in [0.15, 0.2) is 0 Å². The van der Waals surface area contributed by atoms with Crippen molar-refractivity contribution in [1.82, 2.24) is 9.55 Å². The molecule has 0 atom stereocenters. The van der Waals surface area contributed by atoms with Crippen molar-refractivity contribution in [3.05, 3.63) is 86.3 Å². The molecule has 0 aliphatic carbocycles. The van der Waals surface area contributed by atoms with Crippen molar-refractivity contribution >= 4 is 57.0 Å². The predicted octanol–water partition coefficient (Wildman–Crippen LogP) is 6.35. The van der Waals surface area contributed by atoms with Gasteiger partial charge < -0.3 is 4.57 Å². The van der Waals surface area contributed by atoms with Gasteiger partial charge in [0.05, 0.1) is 17.4 Å². The second kappa shape index (κ2) is 7.93. The van der Waals surface area contributed by atoms with Gasteiger partial charge in [0.25, 0.3) is 0 Å². The molecule has 0 amide bonds. The van der Waals surface area contributed by atoms with Crippen LogP contribution in [0.25, 0.3) is 16.6 Å². The number of pyridine rings is 1. The smallest absolute Gasteiger partial charge is 0.0738 e. The first kappa shape index (κ1) is 19.0. The van der Waals surface area contributed by atoms with E-state index in [4.69, 9.17) is 11.6 Å². The first-order chi connectivity index (χ1) is 13.5. The lowest BCUT2D eigenvalue weighted by Gasteiger charge is -2.09. The number of anilines is 1. The van der Waals surface area contributed by atoms with Crippen LogP contribution in [0.4, 0.5) is 5.69 Å². The molecule has 0 bridgehead atoms. The molecule has 0 unspecified atom stereocenters. The molecule has 2 aromatic heterocycles. The summed E-state index contributed by atoms with van der Waals surface area (Å²) in [5.74, 6) is 0. The normalized spacial score (nSPS) is 11.4. The second-order valence-corrected chi connectivity index (χ2v) is 8.21. The van der Waals surface area contributed by atoms with Crippen molar-refractivity contribution in [1.29, 1.82) is 0 Å². The van der Waals surface area contributed by atoms with Gasteiger partial charge in [0, 0.05) is 42.8 Å². The topological polar surface area (TPSA) is 42.2 Å². The van der Waals surface area contributed by atoms with Crippen LogP contribution in [-0.4, -0.2) is 15.8 Å². The average molecular weight is 501 g/mol. The van der Waals surface area contributed by atoms with Crippen molar-refractivity contribution in [2.24, 2.45) is 5.10 Å². The predicted molar refractivity (Wildman–Crippen MR) is 126 cm³/mol. The molecular formula is C22H18ClIN4. The highest BCUT2D eigenvalue weighted by atomic mass is 127. The zero-order chi connectivity index (χ0) is 19.7. The minimum Gasteiger partial charge on any atom is -0.318 e. The van der Waals surface area contributed by atoms with Crippen LogP contribution in [0.3, 0.4) is 0 Å². The third-order valence-electron chi connectivity index (χ3n) is 4.65. The van der Waals surface area contributed by atoms with Crippen molar-refractivity contribution in [3.63, 3.8) is 0 Å². The van der Waals surface area contributed by atoms with Gasteiger partial charge in [-0.1, -0.05) is 11.6 Å². The van der Waals surface area contributed by atoms with Crippen LogP contribution in [0, 0.1) is 17.4 Å². The Balaban J connectivity index is 1.61. The van der Waals surface area contributed by atoms with Gasteiger partial charge in [-0.05, 0) is 91.0 Å². The molecule has 4 aromatic rings. The Morgan fingerprint density at radius 2 is 1.86 bits per heavy atom. The quantitative estimate of drug-likeness (QED) is 0.202. The average Bonchev–Trinajstić information content (AvgIpc) is 2.96. The summed E-state index contributed by atoms with van der Waals surface area (Å²) < 4.78 is 3.46. The van der Waals surface area contributed by atoms with Crippen LogP contribution >= 0.6 is 34.2 Å². The number of fused-ring (bicyclic) bond motifs is 1. The van der Waals surface area contributed by atoms with Crippen molar-refractivity contribution in [2.75, 3.05) is 5.43 Å². The summed E-state index contributed by atoms with van der Waals surface area (Å²) in [5, 5.41) is 6.11. The summed E-state index contributed by atoms with van der Waals surface area (Å²) in [6.45, 7) is 4.21. The first-order valence-corrected chi connectivity index (χ1v) is 10.3. The maximum atomic E-state index is 6.06. The van der Waals surface area contributed by atoms with E-state index >= 15 is 0 Å². The highest BCUT2D eigenvalue weighted by Gasteiger charge is 2.09. The molecule has 0 saturated heterocycles. The number of hydrazone groups is 1. The first-order valence-electron chi connectivity index (χ1n) is 8.81. The number of halogens is 2. The van der Waals surface area contributed by atoms with Crippen LogP contribution in [0.15, 0.2) is 65.9 Å². The van der Waals surface area contributed by atoms with Crippen molar-refractivity contribution in [3.8, 4) is 5.69 Å². The van der Waals surface area contributed by atoms with Gasteiger partial charge in [0.1, 0.15) is 0 Å². The summed E-state index contributed by atoms with van der Waals surface area (Å²) in [4.78, 5) is 4.36. The van der Waals surface area contributed by atoms with Gasteiger partial charge in [-0.2, -0.15) is 5.10 Å². The minimum atomic E-state index is 0.670. The molecule has 6 heteroatoms. The number of aromatic nitrogens is 2. The Kier molecular flexibility index (Phi) is 5.37. The lowest BCUT2D eigenvalue weighted by Crippen LogP contribution is -2.00. The molecule has 2 heterocycles. The fourth-order valence-electron chi connectivity index (χ4n) is 3.30. The zero-order valence-electron chi connectivity index (χ0n) is 15.4. The van der Waals surface area contributed by atoms with Crippen LogP contribution in [-0.2, 0) is 0 Å². The summed E-state index contributed by atoms with van der Waals surface area (Å²) in [6, 6.07) is 18.2. The second-order valence-electron chi connectivity index (χ2n) is 6.53. The van der Waals surface area contributed by atoms with Crippen LogP contribution in [0.5, 0.6) is 0 Å². The maximum absolute atomic E-state index is 6.06. The largest absolute Gasteiger partial charge is 0.318 e. The molecule has 0 radical (unpaired) electrons. The van der Waals surface area contributed by atoms with Crippen molar-refractivity contribution in [2.45, 2.75) is 13.8 Å². The van der Waals surface area contributed by atoms with Gasteiger partial charge in [-0.25, -0.2) is 0 Å². The number of hydrogen-bond acceptors (Lipinski definition) is 3. The Labute approximate surface area is 182 Å². The van der Waals surface area contributed by atoms with Crippen molar-refractivity contribution < 1.29 is 0 Å². The van der Waals surface area contributed by atoms with E-state index in [0.29, 0.717) is 5.02 Å². The summed E-state index contributed by atoms with van der Waals surface area (Å²) >= 11 is 8.38. The van der Waals surface area contributed by atoms with E-state index in [1.54, 1.807) is 6.20 Å². The molecule has 0 saturated carbocycles. The lowest BCUT2D eigenvalue weighted by molar-refractivity contribution is 0.964. The van der Waals surface area contributed by atoms with E-state index in [1.807, 2.05) is 30.5 Å². The van der Waals surface area contributed by atoms with Gasteiger partial charge in [-0.15, -0.1) is 0 Å². The molecule has 4 nitrogen and oxygen atoms in total. The number of benzene rings is 2. The van der Waals surface area contributed by atoms with Gasteiger partial charge >= 0.3 is 0 Å². The fourth-order valence-corrected chi connectivity index (χ4v) is 3.82. The SMILES string of the molecule is Cc1cc(C=NNc2ccnc3cc(Cl)ccc23)c(C)n1-c1ccc(I)cc1. The molecule has 4 rings (SSSR count).